The number of aldehydes is 1. The zero-order valence-corrected chi connectivity index (χ0v) is 7.22. The first-order chi connectivity index (χ1) is 6.81. The van der Waals surface area contributed by atoms with Gasteiger partial charge in [0.25, 0.3) is 0 Å². The van der Waals surface area contributed by atoms with E-state index in [0.717, 1.165) is 0 Å². The summed E-state index contributed by atoms with van der Waals surface area (Å²) in [5.41, 5.74) is 0.708. The van der Waals surface area contributed by atoms with Crippen LogP contribution in [0, 0.1) is 5.82 Å². The van der Waals surface area contributed by atoms with Gasteiger partial charge in [0, 0.05) is 18.0 Å². The van der Waals surface area contributed by atoms with Crippen LogP contribution in [0.3, 0.4) is 0 Å². The summed E-state index contributed by atoms with van der Waals surface area (Å²) in [5.74, 6) is -0.437. The Balaban J connectivity index is 2.51. The lowest BCUT2D eigenvalue weighted by Gasteiger charge is -2.03. The van der Waals surface area contributed by atoms with Crippen molar-refractivity contribution < 1.29 is 9.18 Å². The first kappa shape index (κ1) is 8.62. The third-order valence-electron chi connectivity index (χ3n) is 1.89. The van der Waals surface area contributed by atoms with Crippen LogP contribution in [0.4, 0.5) is 4.39 Å². The maximum Gasteiger partial charge on any atom is 0.150 e. The molecule has 0 atom stereocenters. The van der Waals surface area contributed by atoms with Gasteiger partial charge in [-0.3, -0.25) is 4.79 Å². The Labute approximate surface area is 79.8 Å². The SMILES string of the molecule is O=Cc1ccc(-n2ccnc2)c(F)c1. The van der Waals surface area contributed by atoms with Gasteiger partial charge in [0.1, 0.15) is 12.1 Å². The normalized spacial score (nSPS) is 10.1. The van der Waals surface area contributed by atoms with Crippen molar-refractivity contribution in [2.45, 2.75) is 0 Å². The van der Waals surface area contributed by atoms with Gasteiger partial charge in [-0.15, -0.1) is 0 Å². The minimum absolute atomic E-state index is 0.325. The van der Waals surface area contributed by atoms with E-state index >= 15 is 0 Å². The third kappa shape index (κ3) is 1.42. The predicted molar refractivity (Wildman–Crippen MR) is 48.9 cm³/mol. The molecule has 0 aliphatic heterocycles. The van der Waals surface area contributed by atoms with Crippen molar-refractivity contribution in [3.8, 4) is 5.69 Å². The molecule has 0 aliphatic carbocycles. The average Bonchev–Trinajstić information content (AvgIpc) is 2.70. The highest BCUT2D eigenvalue weighted by molar-refractivity contribution is 5.75. The maximum atomic E-state index is 13.4. The van der Waals surface area contributed by atoms with Gasteiger partial charge in [-0.05, 0) is 18.2 Å². The maximum absolute atomic E-state index is 13.4. The van der Waals surface area contributed by atoms with Crippen LogP contribution in [0.25, 0.3) is 5.69 Å². The van der Waals surface area contributed by atoms with Crippen molar-refractivity contribution in [2.24, 2.45) is 0 Å². The number of imidazole rings is 1. The summed E-state index contributed by atoms with van der Waals surface area (Å²) in [5, 5.41) is 0. The fourth-order valence-electron chi connectivity index (χ4n) is 1.21. The molecule has 0 unspecified atom stereocenters. The quantitative estimate of drug-likeness (QED) is 0.677. The van der Waals surface area contributed by atoms with Crippen molar-refractivity contribution >= 4 is 6.29 Å². The van der Waals surface area contributed by atoms with Crippen LogP contribution in [0.1, 0.15) is 10.4 Å². The molecule has 1 aromatic carbocycles. The standard InChI is InChI=1S/C10H7FN2O/c11-9-5-8(6-14)1-2-10(9)13-4-3-12-7-13/h1-7H. The molecule has 0 fully saturated rings. The first-order valence-corrected chi connectivity index (χ1v) is 4.04. The minimum Gasteiger partial charge on any atom is -0.303 e. The van der Waals surface area contributed by atoms with Crippen LogP contribution < -0.4 is 0 Å². The van der Waals surface area contributed by atoms with Crippen LogP contribution in [0.15, 0.2) is 36.9 Å². The molecule has 1 aromatic heterocycles. The summed E-state index contributed by atoms with van der Waals surface area (Å²) in [4.78, 5) is 14.2. The number of hydrogen-bond acceptors (Lipinski definition) is 2. The second kappa shape index (κ2) is 3.41. The smallest absolute Gasteiger partial charge is 0.150 e. The van der Waals surface area contributed by atoms with Crippen LogP contribution in [0.2, 0.25) is 0 Å². The number of nitrogens with zero attached hydrogens (tertiary/aromatic N) is 2. The molecule has 3 nitrogen and oxygen atoms in total. The minimum atomic E-state index is -0.437. The number of carbonyl (C=O) groups excluding carboxylic acids is 1. The van der Waals surface area contributed by atoms with Gasteiger partial charge < -0.3 is 4.57 Å². The van der Waals surface area contributed by atoms with Gasteiger partial charge in [-0.2, -0.15) is 0 Å². The second-order valence-electron chi connectivity index (χ2n) is 2.80. The Morgan fingerprint density at radius 1 is 1.43 bits per heavy atom. The molecule has 2 aromatic rings. The number of halogens is 1. The zero-order valence-electron chi connectivity index (χ0n) is 7.22. The molecule has 4 heteroatoms. The summed E-state index contributed by atoms with van der Waals surface area (Å²) in [7, 11) is 0. The molecule has 0 saturated carbocycles. The fraction of sp³-hybridized carbons (Fsp3) is 0. The Morgan fingerprint density at radius 2 is 2.29 bits per heavy atom. The highest BCUT2D eigenvalue weighted by Crippen LogP contribution is 2.13. The molecule has 0 saturated heterocycles. The molecule has 0 radical (unpaired) electrons. The van der Waals surface area contributed by atoms with Gasteiger partial charge >= 0.3 is 0 Å². The van der Waals surface area contributed by atoms with E-state index in [1.54, 1.807) is 29.1 Å². The number of hydrogen-bond donors (Lipinski definition) is 0. The highest BCUT2D eigenvalue weighted by Gasteiger charge is 2.04. The summed E-state index contributed by atoms with van der Waals surface area (Å²) in [6.45, 7) is 0. The molecule has 2 rings (SSSR count). The van der Waals surface area contributed by atoms with Crippen molar-refractivity contribution in [2.75, 3.05) is 0 Å². The van der Waals surface area contributed by atoms with Crippen molar-refractivity contribution in [3.05, 3.63) is 48.3 Å². The summed E-state index contributed by atoms with van der Waals surface area (Å²) in [6, 6.07) is 4.30. The van der Waals surface area contributed by atoms with Crippen LogP contribution in [-0.2, 0) is 0 Å². The van der Waals surface area contributed by atoms with E-state index in [0.29, 0.717) is 17.5 Å². The molecule has 0 amide bonds. The van der Waals surface area contributed by atoms with E-state index < -0.39 is 5.82 Å². The van der Waals surface area contributed by atoms with Gasteiger partial charge in [0.05, 0.1) is 12.0 Å². The number of benzene rings is 1. The Morgan fingerprint density at radius 3 is 2.86 bits per heavy atom. The molecule has 14 heavy (non-hydrogen) atoms. The largest absolute Gasteiger partial charge is 0.303 e. The van der Waals surface area contributed by atoms with E-state index in [1.165, 1.54) is 12.4 Å². The van der Waals surface area contributed by atoms with E-state index in [4.69, 9.17) is 0 Å². The molecule has 1 heterocycles. The Hall–Kier alpha value is -1.97. The number of rotatable bonds is 2. The monoisotopic (exact) mass is 190 g/mol. The molecule has 0 N–H and O–H groups in total. The molecule has 0 spiro atoms. The summed E-state index contributed by atoms with van der Waals surface area (Å²) in [6.07, 6.45) is 5.31. The van der Waals surface area contributed by atoms with Crippen molar-refractivity contribution in [3.63, 3.8) is 0 Å². The topological polar surface area (TPSA) is 34.9 Å². The lowest BCUT2D eigenvalue weighted by molar-refractivity contribution is 0.112. The molecule has 0 bridgehead atoms. The van der Waals surface area contributed by atoms with E-state index in [2.05, 4.69) is 4.98 Å². The fourth-order valence-corrected chi connectivity index (χ4v) is 1.21. The van der Waals surface area contributed by atoms with Crippen molar-refractivity contribution in [1.82, 2.24) is 9.55 Å². The van der Waals surface area contributed by atoms with Gasteiger partial charge in [0.2, 0.25) is 0 Å². The summed E-state index contributed by atoms with van der Waals surface area (Å²) >= 11 is 0. The van der Waals surface area contributed by atoms with Crippen molar-refractivity contribution in [1.29, 1.82) is 0 Å². The van der Waals surface area contributed by atoms with Gasteiger partial charge in [0.15, 0.2) is 0 Å². The first-order valence-electron chi connectivity index (χ1n) is 4.04. The van der Waals surface area contributed by atoms with Crippen LogP contribution >= 0.6 is 0 Å². The average molecular weight is 190 g/mol. The zero-order chi connectivity index (χ0) is 9.97. The second-order valence-corrected chi connectivity index (χ2v) is 2.80. The Kier molecular flexibility index (Phi) is 2.10. The number of carbonyl (C=O) groups is 1. The van der Waals surface area contributed by atoms with Gasteiger partial charge in [-0.1, -0.05) is 0 Å². The van der Waals surface area contributed by atoms with E-state index in [9.17, 15) is 9.18 Å². The van der Waals surface area contributed by atoms with E-state index in [1.807, 2.05) is 0 Å². The van der Waals surface area contributed by atoms with Gasteiger partial charge in [-0.25, -0.2) is 9.37 Å². The predicted octanol–water partition coefficient (Wildman–Crippen LogP) is 1.82. The van der Waals surface area contributed by atoms with Crippen LogP contribution in [0.5, 0.6) is 0 Å². The highest BCUT2D eigenvalue weighted by atomic mass is 19.1. The van der Waals surface area contributed by atoms with E-state index in [-0.39, 0.29) is 0 Å². The number of aromatic nitrogens is 2. The van der Waals surface area contributed by atoms with Crippen LogP contribution in [-0.4, -0.2) is 15.8 Å². The molecular weight excluding hydrogens is 183 g/mol. The third-order valence-corrected chi connectivity index (χ3v) is 1.89. The summed E-state index contributed by atoms with van der Waals surface area (Å²) < 4.78 is 14.9. The molecule has 70 valence electrons. The molecular formula is C10H7FN2O. The lowest BCUT2D eigenvalue weighted by atomic mass is 10.2. The lowest BCUT2D eigenvalue weighted by Crippen LogP contribution is -1.95. The molecule has 0 aliphatic rings. The Bertz CT molecular complexity index is 451.